The third kappa shape index (κ3) is 4.26. The zero-order valence-corrected chi connectivity index (χ0v) is 19.9. The average Bonchev–Trinajstić information content (AvgIpc) is 2.96. The number of fused-ring (bicyclic) bond motifs is 2. The van der Waals surface area contributed by atoms with E-state index in [9.17, 15) is 4.79 Å². The lowest BCUT2D eigenvalue weighted by Crippen LogP contribution is -2.37. The molecule has 0 atom stereocenters. The first-order valence-electron chi connectivity index (χ1n) is 11.2. The van der Waals surface area contributed by atoms with Crippen LogP contribution in [0.1, 0.15) is 46.4 Å². The molecule has 5 rings (SSSR count). The van der Waals surface area contributed by atoms with Gasteiger partial charge in [0.05, 0.1) is 12.1 Å². The van der Waals surface area contributed by atoms with Crippen LogP contribution in [0.4, 0.5) is 0 Å². The van der Waals surface area contributed by atoms with Crippen LogP contribution >= 0.6 is 15.9 Å². The first kappa shape index (κ1) is 21.1. The number of hydrogen-bond donors (Lipinski definition) is 0. The van der Waals surface area contributed by atoms with Crippen molar-refractivity contribution in [2.45, 2.75) is 39.0 Å². The zero-order valence-electron chi connectivity index (χ0n) is 18.3. The standard InChI is InChI=1S/C27H26BrN3O/c1-18-2-5-24-21(14-18)3-4-22-16-23(28)17-30-27(22)26(24)20-8-12-31(13-9-20)25(32)15-19-6-10-29-11-7-19/h2,5-7,10-11,14,16-17H,3-4,8-9,12-13,15H2,1H3. The Morgan fingerprint density at radius 3 is 2.53 bits per heavy atom. The molecule has 3 heterocycles. The van der Waals surface area contributed by atoms with Crippen LogP contribution in [-0.4, -0.2) is 33.9 Å². The van der Waals surface area contributed by atoms with Gasteiger partial charge in [-0.05, 0) is 89.0 Å². The number of nitrogens with zero attached hydrogens (tertiary/aromatic N) is 3. The zero-order chi connectivity index (χ0) is 22.1. The summed E-state index contributed by atoms with van der Waals surface area (Å²) in [7, 11) is 0. The number of pyridine rings is 2. The smallest absolute Gasteiger partial charge is 0.227 e. The van der Waals surface area contributed by atoms with Gasteiger partial charge in [-0.3, -0.25) is 14.8 Å². The van der Waals surface area contributed by atoms with E-state index >= 15 is 0 Å². The third-order valence-electron chi connectivity index (χ3n) is 6.54. The van der Waals surface area contributed by atoms with Gasteiger partial charge in [-0.15, -0.1) is 0 Å². The number of aromatic nitrogens is 2. The van der Waals surface area contributed by atoms with Crippen molar-refractivity contribution < 1.29 is 4.79 Å². The Morgan fingerprint density at radius 1 is 1.00 bits per heavy atom. The molecule has 1 aliphatic heterocycles. The molecule has 1 aliphatic carbocycles. The largest absolute Gasteiger partial charge is 0.342 e. The highest BCUT2D eigenvalue weighted by molar-refractivity contribution is 9.10. The van der Waals surface area contributed by atoms with Crippen LogP contribution in [0.15, 0.2) is 65.0 Å². The Bertz CT molecular complexity index is 1140. The molecule has 1 aromatic carbocycles. The molecule has 0 spiro atoms. The van der Waals surface area contributed by atoms with Gasteiger partial charge in [0.1, 0.15) is 0 Å². The van der Waals surface area contributed by atoms with Gasteiger partial charge < -0.3 is 4.90 Å². The van der Waals surface area contributed by atoms with Gasteiger partial charge in [-0.2, -0.15) is 0 Å². The van der Waals surface area contributed by atoms with E-state index in [1.54, 1.807) is 12.4 Å². The predicted octanol–water partition coefficient (Wildman–Crippen LogP) is 5.31. The van der Waals surface area contributed by atoms with Gasteiger partial charge in [0.25, 0.3) is 0 Å². The SMILES string of the molecule is Cc1ccc2c(c1)CCc1cc(Br)cnc1C2=C1CCN(C(=O)Cc2ccncc2)CC1. The van der Waals surface area contributed by atoms with Gasteiger partial charge in [0, 0.05) is 41.7 Å². The van der Waals surface area contributed by atoms with Gasteiger partial charge in [-0.25, -0.2) is 0 Å². The molecule has 1 fully saturated rings. The fourth-order valence-corrected chi connectivity index (χ4v) is 5.27. The molecule has 162 valence electrons. The highest BCUT2D eigenvalue weighted by Gasteiger charge is 2.26. The molecule has 1 amide bonds. The van der Waals surface area contributed by atoms with Crippen molar-refractivity contribution in [3.63, 3.8) is 0 Å². The second-order valence-electron chi connectivity index (χ2n) is 8.71. The summed E-state index contributed by atoms with van der Waals surface area (Å²) in [6.07, 6.45) is 9.64. The maximum Gasteiger partial charge on any atom is 0.227 e. The first-order valence-corrected chi connectivity index (χ1v) is 12.0. The van der Waals surface area contributed by atoms with Crippen LogP contribution in [0, 0.1) is 6.92 Å². The van der Waals surface area contributed by atoms with E-state index in [2.05, 4.69) is 52.1 Å². The molecule has 1 saturated heterocycles. The Balaban J connectivity index is 1.46. The molecule has 0 radical (unpaired) electrons. The van der Waals surface area contributed by atoms with Gasteiger partial charge >= 0.3 is 0 Å². The van der Waals surface area contributed by atoms with Crippen molar-refractivity contribution in [3.05, 3.63) is 98.5 Å². The molecule has 3 aromatic rings. The summed E-state index contributed by atoms with van der Waals surface area (Å²) in [6, 6.07) is 12.9. The van der Waals surface area contributed by atoms with E-state index in [0.717, 1.165) is 54.5 Å². The molecule has 0 bridgehead atoms. The summed E-state index contributed by atoms with van der Waals surface area (Å²) >= 11 is 3.60. The average molecular weight is 488 g/mol. The van der Waals surface area contributed by atoms with Crippen LogP contribution in [0.2, 0.25) is 0 Å². The molecule has 4 nitrogen and oxygen atoms in total. The van der Waals surface area contributed by atoms with E-state index in [-0.39, 0.29) is 5.91 Å². The number of rotatable bonds is 2. The summed E-state index contributed by atoms with van der Waals surface area (Å²) in [5, 5.41) is 0. The minimum Gasteiger partial charge on any atom is -0.342 e. The van der Waals surface area contributed by atoms with Crippen LogP contribution < -0.4 is 0 Å². The summed E-state index contributed by atoms with van der Waals surface area (Å²) < 4.78 is 1.03. The van der Waals surface area contributed by atoms with Crippen molar-refractivity contribution in [2.75, 3.05) is 13.1 Å². The first-order chi connectivity index (χ1) is 15.6. The number of aryl methyl sites for hydroxylation is 3. The molecule has 0 saturated carbocycles. The van der Waals surface area contributed by atoms with E-state index in [1.807, 2.05) is 23.2 Å². The summed E-state index contributed by atoms with van der Waals surface area (Å²) in [4.78, 5) is 23.8. The topological polar surface area (TPSA) is 46.1 Å². The molecule has 2 aliphatic rings. The van der Waals surface area contributed by atoms with Crippen molar-refractivity contribution >= 4 is 27.4 Å². The quantitative estimate of drug-likeness (QED) is 0.491. The maximum atomic E-state index is 12.8. The van der Waals surface area contributed by atoms with E-state index in [0.29, 0.717) is 6.42 Å². The van der Waals surface area contributed by atoms with Crippen LogP contribution in [0.3, 0.4) is 0 Å². The fourth-order valence-electron chi connectivity index (χ4n) is 4.89. The Kier molecular flexibility index (Phi) is 5.92. The highest BCUT2D eigenvalue weighted by atomic mass is 79.9. The predicted molar refractivity (Wildman–Crippen MR) is 130 cm³/mol. The van der Waals surface area contributed by atoms with E-state index in [4.69, 9.17) is 4.98 Å². The number of amides is 1. The van der Waals surface area contributed by atoms with E-state index in [1.165, 1.54) is 33.4 Å². The van der Waals surface area contributed by atoms with Crippen LogP contribution in [0.5, 0.6) is 0 Å². The van der Waals surface area contributed by atoms with Crippen molar-refractivity contribution in [2.24, 2.45) is 0 Å². The van der Waals surface area contributed by atoms with Gasteiger partial charge in [-0.1, -0.05) is 29.3 Å². The molecule has 0 N–H and O–H groups in total. The second-order valence-corrected chi connectivity index (χ2v) is 9.63. The van der Waals surface area contributed by atoms with Gasteiger partial charge in [0.15, 0.2) is 0 Å². The van der Waals surface area contributed by atoms with Crippen LogP contribution in [0.25, 0.3) is 5.57 Å². The Morgan fingerprint density at radius 2 is 1.75 bits per heavy atom. The monoisotopic (exact) mass is 487 g/mol. The summed E-state index contributed by atoms with van der Waals surface area (Å²) in [6.45, 7) is 3.68. The number of carbonyl (C=O) groups is 1. The lowest BCUT2D eigenvalue weighted by atomic mass is 9.88. The number of piperidine rings is 1. The van der Waals surface area contributed by atoms with E-state index < -0.39 is 0 Å². The van der Waals surface area contributed by atoms with Gasteiger partial charge in [0.2, 0.25) is 5.91 Å². The highest BCUT2D eigenvalue weighted by Crippen LogP contribution is 2.38. The molecule has 32 heavy (non-hydrogen) atoms. The number of carbonyl (C=O) groups excluding carboxylic acids is 1. The summed E-state index contributed by atoms with van der Waals surface area (Å²) in [5.74, 6) is 0.194. The lowest BCUT2D eigenvalue weighted by Gasteiger charge is -2.30. The van der Waals surface area contributed by atoms with Crippen molar-refractivity contribution in [1.29, 1.82) is 0 Å². The van der Waals surface area contributed by atoms with Crippen molar-refractivity contribution in [3.8, 4) is 0 Å². The molecular formula is C27H26BrN3O. The number of benzene rings is 1. The van der Waals surface area contributed by atoms with Crippen LogP contribution in [-0.2, 0) is 24.1 Å². The summed E-state index contributed by atoms with van der Waals surface area (Å²) in [5.41, 5.74) is 10.2. The number of hydrogen-bond acceptors (Lipinski definition) is 3. The molecular weight excluding hydrogens is 462 g/mol. The van der Waals surface area contributed by atoms with Crippen molar-refractivity contribution in [1.82, 2.24) is 14.9 Å². The molecule has 5 heteroatoms. The minimum atomic E-state index is 0.194. The third-order valence-corrected chi connectivity index (χ3v) is 6.98. The fraction of sp³-hybridized carbons (Fsp3) is 0.296. The normalized spacial score (nSPS) is 15.8. The number of halogens is 1. The molecule has 0 unspecified atom stereocenters. The Hall–Kier alpha value is -2.79. The maximum absolute atomic E-state index is 12.8. The Labute approximate surface area is 197 Å². The number of likely N-dealkylation sites (tertiary alicyclic amines) is 1. The second kappa shape index (κ2) is 8.99. The minimum absolute atomic E-state index is 0.194. The lowest BCUT2D eigenvalue weighted by molar-refractivity contribution is -0.130. The molecule has 2 aromatic heterocycles.